The maximum atomic E-state index is 5.36. The van der Waals surface area contributed by atoms with Crippen molar-refractivity contribution in [3.63, 3.8) is 0 Å². The SMILES string of the molecule is COc1ccc2cc(C3=C(C4CC4)SC4=NCCN43)sc2c1. The fourth-order valence-electron chi connectivity index (χ4n) is 3.13. The summed E-state index contributed by atoms with van der Waals surface area (Å²) in [5.74, 6) is 1.70. The Labute approximate surface area is 137 Å². The molecule has 0 bridgehead atoms. The summed E-state index contributed by atoms with van der Waals surface area (Å²) in [5.41, 5.74) is 1.43. The molecule has 0 radical (unpaired) electrons. The molecule has 5 rings (SSSR count). The van der Waals surface area contributed by atoms with E-state index in [1.165, 1.54) is 38.7 Å². The molecule has 0 amide bonds. The van der Waals surface area contributed by atoms with E-state index in [0.717, 1.165) is 24.8 Å². The van der Waals surface area contributed by atoms with E-state index in [1.807, 2.05) is 29.2 Å². The van der Waals surface area contributed by atoms with Gasteiger partial charge >= 0.3 is 0 Å². The Bertz CT molecular complexity index is 832. The monoisotopic (exact) mass is 328 g/mol. The van der Waals surface area contributed by atoms with Crippen LogP contribution in [0.3, 0.4) is 0 Å². The summed E-state index contributed by atoms with van der Waals surface area (Å²) in [6, 6.07) is 8.68. The van der Waals surface area contributed by atoms with Gasteiger partial charge in [0.1, 0.15) is 5.75 Å². The molecule has 1 aromatic carbocycles. The fraction of sp³-hybridized carbons (Fsp3) is 0.353. The number of rotatable bonds is 3. The highest BCUT2D eigenvalue weighted by Gasteiger charge is 2.40. The van der Waals surface area contributed by atoms with Crippen LogP contribution in [-0.2, 0) is 0 Å². The number of thioether (sulfide) groups is 1. The molecule has 0 unspecified atom stereocenters. The van der Waals surface area contributed by atoms with Crippen LogP contribution >= 0.6 is 23.1 Å². The third-order valence-corrected chi connectivity index (χ3v) is 6.80. The third kappa shape index (κ3) is 1.92. The molecule has 0 spiro atoms. The molecule has 3 aliphatic rings. The van der Waals surface area contributed by atoms with Crippen molar-refractivity contribution in [3.8, 4) is 5.75 Å². The van der Waals surface area contributed by atoms with Crippen LogP contribution in [0.2, 0.25) is 0 Å². The first-order valence-electron chi connectivity index (χ1n) is 7.65. The van der Waals surface area contributed by atoms with Gasteiger partial charge in [0.15, 0.2) is 5.17 Å². The van der Waals surface area contributed by atoms with Gasteiger partial charge in [0.2, 0.25) is 0 Å². The second-order valence-electron chi connectivity index (χ2n) is 5.92. The molecule has 1 saturated carbocycles. The Morgan fingerprint density at radius 2 is 2.18 bits per heavy atom. The van der Waals surface area contributed by atoms with Crippen molar-refractivity contribution in [3.05, 3.63) is 34.0 Å². The number of hydrogen-bond donors (Lipinski definition) is 0. The predicted molar refractivity (Wildman–Crippen MR) is 94.6 cm³/mol. The molecule has 2 aromatic rings. The van der Waals surface area contributed by atoms with Crippen molar-refractivity contribution in [1.29, 1.82) is 0 Å². The van der Waals surface area contributed by atoms with Gasteiger partial charge in [-0.2, -0.15) is 0 Å². The second-order valence-corrected chi connectivity index (χ2v) is 8.01. The van der Waals surface area contributed by atoms with Gasteiger partial charge in [0.25, 0.3) is 0 Å². The van der Waals surface area contributed by atoms with Gasteiger partial charge in [-0.25, -0.2) is 0 Å². The molecule has 22 heavy (non-hydrogen) atoms. The summed E-state index contributed by atoms with van der Waals surface area (Å²) >= 11 is 3.78. The summed E-state index contributed by atoms with van der Waals surface area (Å²) in [6.07, 6.45) is 2.68. The van der Waals surface area contributed by atoms with Crippen LogP contribution < -0.4 is 4.74 Å². The van der Waals surface area contributed by atoms with E-state index < -0.39 is 0 Å². The number of hydrogen-bond acceptors (Lipinski definition) is 5. The lowest BCUT2D eigenvalue weighted by Crippen LogP contribution is -2.19. The van der Waals surface area contributed by atoms with Gasteiger partial charge in [0.05, 0.1) is 24.2 Å². The number of nitrogens with zero attached hydrogens (tertiary/aromatic N) is 2. The average molecular weight is 328 g/mol. The molecule has 1 aliphatic carbocycles. The standard InChI is InChI=1S/C17H16N2OS2/c1-20-12-5-4-11-8-14(21-13(11)9-12)15-16(10-2-3-10)22-17-18-6-7-19(15)17/h4-5,8-10H,2-3,6-7H2,1H3. The molecule has 0 saturated heterocycles. The van der Waals surface area contributed by atoms with Gasteiger partial charge in [-0.3, -0.25) is 4.99 Å². The number of amidine groups is 1. The number of fused-ring (bicyclic) bond motifs is 2. The van der Waals surface area contributed by atoms with E-state index in [4.69, 9.17) is 4.74 Å². The van der Waals surface area contributed by atoms with Crippen LogP contribution in [0.15, 0.2) is 34.2 Å². The zero-order chi connectivity index (χ0) is 14.7. The van der Waals surface area contributed by atoms with Crippen LogP contribution in [0.4, 0.5) is 0 Å². The highest BCUT2D eigenvalue weighted by molar-refractivity contribution is 8.17. The Morgan fingerprint density at radius 3 is 3.00 bits per heavy atom. The van der Waals surface area contributed by atoms with Crippen LogP contribution in [0.1, 0.15) is 17.7 Å². The highest BCUT2D eigenvalue weighted by Crippen LogP contribution is 2.53. The first-order chi connectivity index (χ1) is 10.8. The van der Waals surface area contributed by atoms with Crippen LogP contribution in [0.5, 0.6) is 5.75 Å². The highest BCUT2D eigenvalue weighted by atomic mass is 32.2. The van der Waals surface area contributed by atoms with Crippen molar-refractivity contribution >= 4 is 44.0 Å². The van der Waals surface area contributed by atoms with E-state index in [1.54, 1.807) is 12.0 Å². The van der Waals surface area contributed by atoms with Crippen molar-refractivity contribution in [2.24, 2.45) is 10.9 Å². The van der Waals surface area contributed by atoms with Crippen LogP contribution in [0.25, 0.3) is 15.8 Å². The lowest BCUT2D eigenvalue weighted by Gasteiger charge is -2.15. The van der Waals surface area contributed by atoms with Crippen molar-refractivity contribution in [2.45, 2.75) is 12.8 Å². The average Bonchev–Trinajstić information content (AvgIpc) is 2.98. The van der Waals surface area contributed by atoms with E-state index in [9.17, 15) is 0 Å². The second kappa shape index (κ2) is 4.77. The lowest BCUT2D eigenvalue weighted by atomic mass is 10.2. The van der Waals surface area contributed by atoms with Gasteiger partial charge in [-0.1, -0.05) is 11.8 Å². The maximum Gasteiger partial charge on any atom is 0.168 e. The number of ether oxygens (including phenoxy) is 1. The molecular weight excluding hydrogens is 312 g/mol. The normalized spacial score (nSPS) is 20.8. The third-order valence-electron chi connectivity index (χ3n) is 4.41. The number of benzene rings is 1. The summed E-state index contributed by atoms with van der Waals surface area (Å²) in [5, 5.41) is 2.52. The number of methoxy groups -OCH3 is 1. The van der Waals surface area contributed by atoms with E-state index >= 15 is 0 Å². The summed E-state index contributed by atoms with van der Waals surface area (Å²) in [4.78, 5) is 10.0. The Kier molecular flexibility index (Phi) is 2.82. The molecule has 3 heterocycles. The Hall–Kier alpha value is -1.46. The Balaban J connectivity index is 1.65. The Morgan fingerprint density at radius 1 is 1.27 bits per heavy atom. The fourth-order valence-corrected chi connectivity index (χ4v) is 5.72. The van der Waals surface area contributed by atoms with Crippen molar-refractivity contribution in [2.75, 3.05) is 20.2 Å². The smallest absolute Gasteiger partial charge is 0.168 e. The molecule has 0 atom stereocenters. The predicted octanol–water partition coefficient (Wildman–Crippen LogP) is 4.41. The zero-order valence-electron chi connectivity index (χ0n) is 12.3. The molecule has 1 aromatic heterocycles. The number of thiophene rings is 1. The summed E-state index contributed by atoms with van der Waals surface area (Å²) in [6.45, 7) is 1.97. The maximum absolute atomic E-state index is 5.36. The quantitative estimate of drug-likeness (QED) is 0.834. The van der Waals surface area contributed by atoms with Gasteiger partial charge in [-0.05, 0) is 48.4 Å². The summed E-state index contributed by atoms with van der Waals surface area (Å²) < 4.78 is 6.65. The molecule has 2 aliphatic heterocycles. The molecule has 112 valence electrons. The van der Waals surface area contributed by atoms with Gasteiger partial charge in [0, 0.05) is 16.1 Å². The minimum absolute atomic E-state index is 0.771. The molecule has 1 fully saturated rings. The van der Waals surface area contributed by atoms with Crippen LogP contribution in [0, 0.1) is 5.92 Å². The minimum atomic E-state index is 0.771. The van der Waals surface area contributed by atoms with E-state index in [-0.39, 0.29) is 0 Å². The molecule has 0 N–H and O–H groups in total. The van der Waals surface area contributed by atoms with Crippen molar-refractivity contribution in [1.82, 2.24) is 4.90 Å². The van der Waals surface area contributed by atoms with Crippen molar-refractivity contribution < 1.29 is 4.74 Å². The van der Waals surface area contributed by atoms with Crippen LogP contribution in [-0.4, -0.2) is 30.3 Å². The number of aliphatic imine (C=N–C) groups is 1. The largest absolute Gasteiger partial charge is 0.497 e. The minimum Gasteiger partial charge on any atom is -0.497 e. The first-order valence-corrected chi connectivity index (χ1v) is 9.29. The zero-order valence-corrected chi connectivity index (χ0v) is 14.0. The molecule has 5 heteroatoms. The summed E-state index contributed by atoms with van der Waals surface area (Å²) in [7, 11) is 1.73. The first kappa shape index (κ1) is 13.0. The lowest BCUT2D eigenvalue weighted by molar-refractivity contribution is 0.415. The topological polar surface area (TPSA) is 24.8 Å². The molecule has 3 nitrogen and oxygen atoms in total. The number of allylic oxidation sites excluding steroid dienone is 1. The van der Waals surface area contributed by atoms with E-state index in [0.29, 0.717) is 0 Å². The van der Waals surface area contributed by atoms with E-state index in [2.05, 4.69) is 28.1 Å². The molecular formula is C17H16N2OS2. The van der Waals surface area contributed by atoms with Gasteiger partial charge < -0.3 is 9.64 Å². The van der Waals surface area contributed by atoms with Gasteiger partial charge in [-0.15, -0.1) is 11.3 Å².